The molecule has 0 bridgehead atoms. The van der Waals surface area contributed by atoms with Crippen molar-refractivity contribution in [2.45, 2.75) is 23.5 Å². The second kappa shape index (κ2) is 9.60. The van der Waals surface area contributed by atoms with Gasteiger partial charge >= 0.3 is 0 Å². The van der Waals surface area contributed by atoms with Crippen LogP contribution in [0.1, 0.15) is 12.0 Å². The van der Waals surface area contributed by atoms with Crippen LogP contribution in [0, 0.1) is 6.92 Å². The number of carbonyl (C=O) groups is 2. The van der Waals surface area contributed by atoms with Gasteiger partial charge < -0.3 is 5.32 Å². The maximum atomic E-state index is 13.3. The lowest BCUT2D eigenvalue weighted by atomic mass is 10.2. The molecule has 1 aliphatic rings. The zero-order valence-electron chi connectivity index (χ0n) is 17.7. The number of para-hydroxylation sites is 1. The summed E-state index contributed by atoms with van der Waals surface area (Å²) >= 11 is 0.971. The van der Waals surface area contributed by atoms with Gasteiger partial charge in [0, 0.05) is 12.1 Å². The molecule has 168 valence electrons. The first kappa shape index (κ1) is 22.8. The average molecular weight is 480 g/mol. The standard InChI is InChI=1S/C24H21N3O4S2/c1-17-12-14-19(15-13-17)25-22(28)16-21-23(29)27(33(30,31)20-10-6-3-7-11-20)24(32-21)26-18-8-4-2-5-9-18/h2-15,21H,16H2,1H3,(H,25,28). The van der Waals surface area contributed by atoms with E-state index in [0.717, 1.165) is 17.3 Å². The second-order valence-electron chi connectivity index (χ2n) is 7.38. The van der Waals surface area contributed by atoms with Crippen LogP contribution in [0.25, 0.3) is 0 Å². The fraction of sp³-hybridized carbons (Fsp3) is 0.125. The van der Waals surface area contributed by atoms with Gasteiger partial charge in [0.05, 0.1) is 10.6 Å². The lowest BCUT2D eigenvalue weighted by molar-refractivity contribution is -0.125. The fourth-order valence-electron chi connectivity index (χ4n) is 3.20. The maximum Gasteiger partial charge on any atom is 0.272 e. The molecule has 33 heavy (non-hydrogen) atoms. The molecule has 1 fully saturated rings. The van der Waals surface area contributed by atoms with Gasteiger partial charge in [-0.2, -0.15) is 4.31 Å². The molecule has 0 aliphatic carbocycles. The maximum absolute atomic E-state index is 13.3. The summed E-state index contributed by atoms with van der Waals surface area (Å²) < 4.78 is 27.3. The highest BCUT2D eigenvalue weighted by Crippen LogP contribution is 2.35. The molecular weight excluding hydrogens is 458 g/mol. The Labute approximate surface area is 196 Å². The first-order chi connectivity index (χ1) is 15.8. The molecule has 4 rings (SSSR count). The van der Waals surface area contributed by atoms with Crippen LogP contribution < -0.4 is 5.32 Å². The normalized spacial score (nSPS) is 17.4. The summed E-state index contributed by atoms with van der Waals surface area (Å²) in [5, 5.41) is 1.85. The lowest BCUT2D eigenvalue weighted by Gasteiger charge is -2.16. The Balaban J connectivity index is 1.62. The summed E-state index contributed by atoms with van der Waals surface area (Å²) in [4.78, 5) is 30.2. The van der Waals surface area contributed by atoms with Gasteiger partial charge in [0.15, 0.2) is 5.17 Å². The van der Waals surface area contributed by atoms with Gasteiger partial charge in [-0.15, -0.1) is 0 Å². The van der Waals surface area contributed by atoms with Crippen molar-refractivity contribution < 1.29 is 18.0 Å². The number of benzene rings is 3. The van der Waals surface area contributed by atoms with Gasteiger partial charge in [0.1, 0.15) is 5.25 Å². The number of amides is 2. The molecule has 3 aromatic carbocycles. The van der Waals surface area contributed by atoms with E-state index < -0.39 is 21.2 Å². The Kier molecular flexibility index (Phi) is 6.62. The van der Waals surface area contributed by atoms with Gasteiger partial charge in [-0.3, -0.25) is 9.59 Å². The number of aryl methyl sites for hydroxylation is 1. The van der Waals surface area contributed by atoms with Crippen molar-refractivity contribution >= 4 is 50.1 Å². The molecule has 1 unspecified atom stereocenters. The van der Waals surface area contributed by atoms with Gasteiger partial charge in [0.2, 0.25) is 5.91 Å². The smallest absolute Gasteiger partial charge is 0.272 e. The van der Waals surface area contributed by atoms with Crippen molar-refractivity contribution in [3.8, 4) is 0 Å². The number of rotatable bonds is 6. The predicted molar refractivity (Wildman–Crippen MR) is 130 cm³/mol. The van der Waals surface area contributed by atoms with Gasteiger partial charge in [-0.05, 0) is 43.3 Å². The molecule has 1 aliphatic heterocycles. The first-order valence-corrected chi connectivity index (χ1v) is 12.5. The van der Waals surface area contributed by atoms with E-state index in [1.54, 1.807) is 54.6 Å². The topological polar surface area (TPSA) is 95.9 Å². The molecule has 9 heteroatoms. The average Bonchev–Trinajstić information content (AvgIpc) is 3.11. The number of aliphatic imine (C=N–C) groups is 1. The number of anilines is 1. The van der Waals surface area contributed by atoms with Crippen molar-refractivity contribution in [3.05, 3.63) is 90.5 Å². The van der Waals surface area contributed by atoms with E-state index in [1.165, 1.54) is 12.1 Å². The van der Waals surface area contributed by atoms with Crippen molar-refractivity contribution in [2.75, 3.05) is 5.32 Å². The Morgan fingerprint density at radius 2 is 1.58 bits per heavy atom. The number of carbonyl (C=O) groups excluding carboxylic acids is 2. The first-order valence-electron chi connectivity index (χ1n) is 10.2. The number of nitrogens with one attached hydrogen (secondary N) is 1. The van der Waals surface area contributed by atoms with E-state index in [-0.39, 0.29) is 22.4 Å². The molecule has 0 saturated carbocycles. The van der Waals surface area contributed by atoms with Crippen molar-refractivity contribution in [2.24, 2.45) is 4.99 Å². The van der Waals surface area contributed by atoms with Crippen molar-refractivity contribution in [1.82, 2.24) is 4.31 Å². The Morgan fingerprint density at radius 1 is 0.970 bits per heavy atom. The summed E-state index contributed by atoms with van der Waals surface area (Å²) in [6.07, 6.45) is -0.188. The highest BCUT2D eigenvalue weighted by atomic mass is 32.2. The van der Waals surface area contributed by atoms with Crippen LogP contribution in [0.3, 0.4) is 0 Å². The van der Waals surface area contributed by atoms with E-state index in [2.05, 4.69) is 10.3 Å². The van der Waals surface area contributed by atoms with Crippen LogP contribution in [0.15, 0.2) is 94.8 Å². The second-order valence-corrected chi connectivity index (χ2v) is 10.3. The lowest BCUT2D eigenvalue weighted by Crippen LogP contribution is -2.38. The highest BCUT2D eigenvalue weighted by Gasteiger charge is 2.46. The summed E-state index contributed by atoms with van der Waals surface area (Å²) in [7, 11) is -4.19. The molecule has 3 aromatic rings. The Bertz CT molecular complexity index is 1290. The summed E-state index contributed by atoms with van der Waals surface area (Å²) in [5.41, 5.74) is 2.16. The Morgan fingerprint density at radius 3 is 2.21 bits per heavy atom. The third-order valence-corrected chi connectivity index (χ3v) is 7.82. The molecule has 7 nitrogen and oxygen atoms in total. The molecular formula is C24H21N3O4S2. The zero-order chi connectivity index (χ0) is 23.4. The summed E-state index contributed by atoms with van der Waals surface area (Å²) in [6, 6.07) is 23.7. The van der Waals surface area contributed by atoms with Crippen LogP contribution in [-0.4, -0.2) is 35.0 Å². The third kappa shape index (κ3) is 5.15. The number of hydrogen-bond acceptors (Lipinski definition) is 6. The van der Waals surface area contributed by atoms with Crippen molar-refractivity contribution in [1.29, 1.82) is 0 Å². The van der Waals surface area contributed by atoms with Gasteiger partial charge in [-0.25, -0.2) is 13.4 Å². The minimum atomic E-state index is -4.19. The van der Waals surface area contributed by atoms with Gasteiger partial charge in [-0.1, -0.05) is 65.9 Å². The molecule has 2 amide bonds. The molecule has 0 spiro atoms. The minimum absolute atomic E-state index is 0.0168. The van der Waals surface area contributed by atoms with E-state index in [9.17, 15) is 18.0 Å². The van der Waals surface area contributed by atoms with Crippen LogP contribution in [-0.2, 0) is 19.6 Å². The number of amidine groups is 1. The van der Waals surface area contributed by atoms with E-state index in [1.807, 2.05) is 25.1 Å². The fourth-order valence-corrected chi connectivity index (χ4v) is 6.05. The quantitative estimate of drug-likeness (QED) is 0.567. The van der Waals surface area contributed by atoms with Crippen LogP contribution in [0.5, 0.6) is 0 Å². The number of sulfonamides is 1. The largest absolute Gasteiger partial charge is 0.326 e. The molecule has 1 heterocycles. The minimum Gasteiger partial charge on any atom is -0.326 e. The number of thioether (sulfide) groups is 1. The van der Waals surface area contributed by atoms with Crippen LogP contribution >= 0.6 is 11.8 Å². The van der Waals surface area contributed by atoms with E-state index in [0.29, 0.717) is 15.7 Å². The third-order valence-electron chi connectivity index (χ3n) is 4.87. The predicted octanol–water partition coefficient (Wildman–Crippen LogP) is 4.34. The highest BCUT2D eigenvalue weighted by molar-refractivity contribution is 8.17. The van der Waals surface area contributed by atoms with E-state index in [4.69, 9.17) is 0 Å². The molecule has 0 aromatic heterocycles. The molecule has 1 N–H and O–H groups in total. The molecule has 1 atom stereocenters. The molecule has 0 radical (unpaired) electrons. The summed E-state index contributed by atoms with van der Waals surface area (Å²) in [6.45, 7) is 1.94. The SMILES string of the molecule is Cc1ccc(NC(=O)CC2SC(=Nc3ccccc3)N(S(=O)(=O)c3ccccc3)C2=O)cc1. The van der Waals surface area contributed by atoms with Crippen LogP contribution in [0.4, 0.5) is 11.4 Å². The van der Waals surface area contributed by atoms with Crippen LogP contribution in [0.2, 0.25) is 0 Å². The number of hydrogen-bond donors (Lipinski definition) is 1. The van der Waals surface area contributed by atoms with Crippen molar-refractivity contribution in [3.63, 3.8) is 0 Å². The monoisotopic (exact) mass is 479 g/mol. The van der Waals surface area contributed by atoms with E-state index >= 15 is 0 Å². The summed E-state index contributed by atoms with van der Waals surface area (Å²) in [5.74, 6) is -1.08. The molecule has 1 saturated heterocycles. The Hall–Kier alpha value is -3.43. The number of nitrogens with zero attached hydrogens (tertiary/aromatic N) is 2. The zero-order valence-corrected chi connectivity index (χ0v) is 19.3. The van der Waals surface area contributed by atoms with Gasteiger partial charge in [0.25, 0.3) is 15.9 Å².